The number of rotatable bonds is 5. The third-order valence-electron chi connectivity index (χ3n) is 4.52. The van der Waals surface area contributed by atoms with Crippen molar-refractivity contribution < 1.29 is 9.21 Å². The summed E-state index contributed by atoms with van der Waals surface area (Å²) in [6.07, 6.45) is 3.56. The highest BCUT2D eigenvalue weighted by Crippen LogP contribution is 2.25. The molecule has 1 amide bonds. The van der Waals surface area contributed by atoms with Crippen molar-refractivity contribution in [1.29, 1.82) is 0 Å². The first-order valence-electron chi connectivity index (χ1n) is 8.21. The second-order valence-corrected chi connectivity index (χ2v) is 6.20. The number of carbonyl (C=O) groups excluding carboxylic acids is 1. The fourth-order valence-corrected chi connectivity index (χ4v) is 3.07. The maximum atomic E-state index is 12.3. The Balaban J connectivity index is 0.00000192. The van der Waals surface area contributed by atoms with Crippen molar-refractivity contribution in [2.45, 2.75) is 32.1 Å². The molecule has 1 aromatic heterocycles. The monoisotopic (exact) mass is 336 g/mol. The minimum Gasteiger partial charge on any atom is -0.460 e. The molecule has 1 aliphatic rings. The van der Waals surface area contributed by atoms with Crippen LogP contribution in [0.1, 0.15) is 37.9 Å². The van der Waals surface area contributed by atoms with Crippen molar-refractivity contribution in [3.63, 3.8) is 0 Å². The molecule has 2 aromatic rings. The normalized spacial score (nSPS) is 19.1. The highest BCUT2D eigenvalue weighted by molar-refractivity contribution is 5.85. The van der Waals surface area contributed by atoms with E-state index in [0.29, 0.717) is 5.92 Å². The van der Waals surface area contributed by atoms with Crippen LogP contribution in [0.4, 0.5) is 0 Å². The van der Waals surface area contributed by atoms with Gasteiger partial charge in [0, 0.05) is 11.9 Å². The molecular weight excluding hydrogens is 312 g/mol. The van der Waals surface area contributed by atoms with Crippen molar-refractivity contribution in [2.75, 3.05) is 19.6 Å². The van der Waals surface area contributed by atoms with Gasteiger partial charge in [-0.1, -0.05) is 18.2 Å². The molecule has 126 valence electrons. The first-order valence-corrected chi connectivity index (χ1v) is 8.21. The standard InChI is InChI=1S/C18H24N2O2.ClH/c1-13(17-11-15-6-2-3-7-16(15)22-17)18(21)20-10-8-14-5-4-9-19-12-14;/h2-3,6-7,11,13-14,19H,4-5,8-10,12H2,1H3,(H,20,21);1H. The molecule has 23 heavy (non-hydrogen) atoms. The van der Waals surface area contributed by atoms with Crippen LogP contribution in [0.3, 0.4) is 0 Å². The summed E-state index contributed by atoms with van der Waals surface area (Å²) in [6, 6.07) is 9.82. The maximum Gasteiger partial charge on any atom is 0.230 e. The summed E-state index contributed by atoms with van der Waals surface area (Å²) in [6.45, 7) is 4.85. The van der Waals surface area contributed by atoms with Crippen LogP contribution in [0.25, 0.3) is 11.0 Å². The molecule has 0 saturated carbocycles. The molecule has 1 fully saturated rings. The average molecular weight is 337 g/mol. The lowest BCUT2D eigenvalue weighted by Gasteiger charge is -2.22. The van der Waals surface area contributed by atoms with E-state index in [1.807, 2.05) is 37.3 Å². The van der Waals surface area contributed by atoms with Gasteiger partial charge in [0.1, 0.15) is 11.3 Å². The molecule has 2 atom stereocenters. The average Bonchev–Trinajstić information content (AvgIpc) is 2.99. The Morgan fingerprint density at radius 3 is 3.00 bits per heavy atom. The van der Waals surface area contributed by atoms with Crippen LogP contribution in [-0.4, -0.2) is 25.5 Å². The molecule has 0 radical (unpaired) electrons. The van der Waals surface area contributed by atoms with Gasteiger partial charge in [-0.25, -0.2) is 0 Å². The van der Waals surface area contributed by atoms with Crippen LogP contribution in [-0.2, 0) is 4.79 Å². The van der Waals surface area contributed by atoms with E-state index in [1.165, 1.54) is 12.8 Å². The van der Waals surface area contributed by atoms with E-state index < -0.39 is 0 Å². The molecule has 2 N–H and O–H groups in total. The van der Waals surface area contributed by atoms with Crippen LogP contribution in [0.15, 0.2) is 34.7 Å². The number of halogens is 1. The van der Waals surface area contributed by atoms with Gasteiger partial charge in [-0.05, 0) is 57.3 Å². The van der Waals surface area contributed by atoms with Gasteiger partial charge in [-0.2, -0.15) is 0 Å². The van der Waals surface area contributed by atoms with Crippen molar-refractivity contribution in [3.05, 3.63) is 36.1 Å². The molecule has 5 heteroatoms. The number of hydrogen-bond acceptors (Lipinski definition) is 3. The summed E-state index contributed by atoms with van der Waals surface area (Å²) in [5, 5.41) is 7.50. The fraction of sp³-hybridized carbons (Fsp3) is 0.500. The van der Waals surface area contributed by atoms with Crippen LogP contribution < -0.4 is 10.6 Å². The quantitative estimate of drug-likeness (QED) is 0.879. The van der Waals surface area contributed by atoms with E-state index in [9.17, 15) is 4.79 Å². The number of piperidine rings is 1. The highest BCUT2D eigenvalue weighted by atomic mass is 35.5. The van der Waals surface area contributed by atoms with Crippen LogP contribution in [0.5, 0.6) is 0 Å². The lowest BCUT2D eigenvalue weighted by molar-refractivity contribution is -0.122. The van der Waals surface area contributed by atoms with E-state index >= 15 is 0 Å². The Hall–Kier alpha value is -1.52. The molecule has 4 nitrogen and oxygen atoms in total. The summed E-state index contributed by atoms with van der Waals surface area (Å²) in [5.74, 6) is 1.22. The Morgan fingerprint density at radius 2 is 2.26 bits per heavy atom. The minimum absolute atomic E-state index is 0. The third kappa shape index (κ3) is 4.49. The molecule has 3 rings (SSSR count). The van der Waals surface area contributed by atoms with Crippen molar-refractivity contribution >= 4 is 29.3 Å². The number of para-hydroxylation sites is 1. The lowest BCUT2D eigenvalue weighted by Crippen LogP contribution is -2.34. The number of carbonyl (C=O) groups is 1. The van der Waals surface area contributed by atoms with E-state index in [1.54, 1.807) is 0 Å². The smallest absolute Gasteiger partial charge is 0.230 e. The zero-order valence-corrected chi connectivity index (χ0v) is 14.3. The predicted octanol–water partition coefficient (Wildman–Crippen LogP) is 3.46. The Morgan fingerprint density at radius 1 is 1.43 bits per heavy atom. The number of benzene rings is 1. The first kappa shape index (κ1) is 17.8. The largest absolute Gasteiger partial charge is 0.460 e. The van der Waals surface area contributed by atoms with Gasteiger partial charge in [-0.15, -0.1) is 12.4 Å². The summed E-state index contributed by atoms with van der Waals surface area (Å²) >= 11 is 0. The number of amides is 1. The molecule has 0 aliphatic carbocycles. The molecule has 2 unspecified atom stereocenters. The van der Waals surface area contributed by atoms with Gasteiger partial charge < -0.3 is 15.1 Å². The topological polar surface area (TPSA) is 54.3 Å². The van der Waals surface area contributed by atoms with Crippen molar-refractivity contribution in [2.24, 2.45) is 5.92 Å². The van der Waals surface area contributed by atoms with Gasteiger partial charge in [0.2, 0.25) is 5.91 Å². The third-order valence-corrected chi connectivity index (χ3v) is 4.52. The van der Waals surface area contributed by atoms with Gasteiger partial charge in [0.15, 0.2) is 0 Å². The predicted molar refractivity (Wildman–Crippen MR) is 95.1 cm³/mol. The summed E-state index contributed by atoms with van der Waals surface area (Å²) in [5.41, 5.74) is 0.838. The second kappa shape index (κ2) is 8.37. The van der Waals surface area contributed by atoms with Crippen molar-refractivity contribution in [3.8, 4) is 0 Å². The van der Waals surface area contributed by atoms with Gasteiger partial charge >= 0.3 is 0 Å². The Labute approximate surface area is 143 Å². The highest BCUT2D eigenvalue weighted by Gasteiger charge is 2.20. The van der Waals surface area contributed by atoms with E-state index in [-0.39, 0.29) is 24.2 Å². The zero-order valence-electron chi connectivity index (χ0n) is 13.5. The SMILES string of the molecule is CC(C(=O)NCCC1CCCNC1)c1cc2ccccc2o1.Cl. The second-order valence-electron chi connectivity index (χ2n) is 6.20. The number of furan rings is 1. The van der Waals surface area contributed by atoms with Crippen LogP contribution in [0, 0.1) is 5.92 Å². The van der Waals surface area contributed by atoms with E-state index in [0.717, 1.165) is 42.8 Å². The Bertz CT molecular complexity index is 602. The number of hydrogen-bond donors (Lipinski definition) is 2. The maximum absolute atomic E-state index is 12.3. The Kier molecular flexibility index (Phi) is 6.48. The molecular formula is C18H25ClN2O2. The lowest BCUT2D eigenvalue weighted by atomic mass is 9.96. The fourth-order valence-electron chi connectivity index (χ4n) is 3.07. The molecule has 0 bridgehead atoms. The summed E-state index contributed by atoms with van der Waals surface area (Å²) < 4.78 is 5.78. The van der Waals surface area contributed by atoms with E-state index in [4.69, 9.17) is 4.42 Å². The molecule has 1 saturated heterocycles. The molecule has 2 heterocycles. The van der Waals surface area contributed by atoms with Gasteiger partial charge in [-0.3, -0.25) is 4.79 Å². The molecule has 0 spiro atoms. The zero-order chi connectivity index (χ0) is 15.4. The molecule has 1 aliphatic heterocycles. The number of nitrogens with one attached hydrogen (secondary N) is 2. The van der Waals surface area contributed by atoms with Crippen LogP contribution >= 0.6 is 12.4 Å². The van der Waals surface area contributed by atoms with Crippen molar-refractivity contribution in [1.82, 2.24) is 10.6 Å². The van der Waals surface area contributed by atoms with Gasteiger partial charge in [0.25, 0.3) is 0 Å². The minimum atomic E-state index is -0.253. The first-order chi connectivity index (χ1) is 10.7. The molecule has 1 aromatic carbocycles. The number of fused-ring (bicyclic) bond motifs is 1. The summed E-state index contributed by atoms with van der Waals surface area (Å²) in [4.78, 5) is 12.3. The van der Waals surface area contributed by atoms with Gasteiger partial charge in [0.05, 0.1) is 5.92 Å². The summed E-state index contributed by atoms with van der Waals surface area (Å²) in [7, 11) is 0. The van der Waals surface area contributed by atoms with Crippen LogP contribution in [0.2, 0.25) is 0 Å². The van der Waals surface area contributed by atoms with E-state index in [2.05, 4.69) is 10.6 Å².